The van der Waals surface area contributed by atoms with Gasteiger partial charge in [0.2, 0.25) is 5.91 Å². The van der Waals surface area contributed by atoms with Crippen molar-refractivity contribution in [3.8, 4) is 11.5 Å². The largest absolute Gasteiger partial charge is 0.497 e. The number of ether oxygens (including phenoxy) is 4. The van der Waals surface area contributed by atoms with Crippen LogP contribution in [0.3, 0.4) is 0 Å². The number of anilines is 1. The van der Waals surface area contributed by atoms with Crippen LogP contribution in [-0.2, 0) is 29.9 Å². The molecule has 3 aliphatic rings. The number of carbonyl (C=O) groups excluding carboxylic acids is 1. The molecule has 0 bridgehead atoms. The predicted octanol–water partition coefficient (Wildman–Crippen LogP) is 4.31. The molecule has 11 nitrogen and oxygen atoms in total. The van der Waals surface area contributed by atoms with E-state index in [4.69, 9.17) is 18.9 Å². The Labute approximate surface area is 283 Å². The summed E-state index contributed by atoms with van der Waals surface area (Å²) in [6.45, 7) is 8.26. The van der Waals surface area contributed by atoms with Gasteiger partial charge in [0, 0.05) is 37.6 Å². The molecule has 4 heterocycles. The lowest BCUT2D eigenvalue weighted by atomic mass is 9.85. The van der Waals surface area contributed by atoms with Crippen LogP contribution >= 0.6 is 0 Å². The van der Waals surface area contributed by atoms with E-state index in [0.29, 0.717) is 60.9 Å². The highest BCUT2D eigenvalue weighted by Crippen LogP contribution is 2.40. The van der Waals surface area contributed by atoms with Crippen LogP contribution in [0, 0.1) is 13.8 Å². The number of fused-ring (bicyclic) bond motifs is 1. The van der Waals surface area contributed by atoms with E-state index in [1.807, 2.05) is 23.2 Å². The van der Waals surface area contributed by atoms with Crippen molar-refractivity contribution in [1.29, 1.82) is 0 Å². The minimum Gasteiger partial charge on any atom is -0.497 e. The fourth-order valence-corrected chi connectivity index (χ4v) is 9.25. The van der Waals surface area contributed by atoms with Gasteiger partial charge in [-0.1, -0.05) is 18.2 Å². The number of amides is 1. The maximum atomic E-state index is 14.4. The standard InChI is InChI=1S/C36H46N4O7S/c1-27-21-31(44-3)22-28(2)35(27)48(42,43)40-30(25-46-33-11-5-4-10-32(33)40)24-45-26-34(41)39-17-12-36(13-18-39,29-9-8-14-37-23-29)47-20-19-38-15-6-7-16-38/h4-5,8-11,14,21-23,30H,6-7,12-13,15-20,24-26H2,1-3H3. The summed E-state index contributed by atoms with van der Waals surface area (Å²) in [7, 11) is -2.48. The number of methoxy groups -OCH3 is 1. The topological polar surface area (TPSA) is 111 Å². The Morgan fingerprint density at radius 2 is 1.75 bits per heavy atom. The Morgan fingerprint density at radius 3 is 2.44 bits per heavy atom. The number of carbonyl (C=O) groups is 1. The summed E-state index contributed by atoms with van der Waals surface area (Å²) in [4.78, 5) is 22.2. The van der Waals surface area contributed by atoms with E-state index < -0.39 is 21.7 Å². The average molecular weight is 679 g/mol. The molecule has 3 aliphatic heterocycles. The van der Waals surface area contributed by atoms with E-state index in [1.54, 1.807) is 57.5 Å². The number of nitrogens with zero attached hydrogens (tertiary/aromatic N) is 4. The van der Waals surface area contributed by atoms with Crippen molar-refractivity contribution >= 4 is 21.6 Å². The molecule has 1 amide bonds. The first kappa shape index (κ1) is 34.2. The molecule has 0 saturated carbocycles. The fraction of sp³-hybridized carbons (Fsp3) is 0.500. The molecule has 3 aromatic rings. The monoisotopic (exact) mass is 678 g/mol. The lowest BCUT2D eigenvalue weighted by Crippen LogP contribution is -2.50. The maximum absolute atomic E-state index is 14.4. The van der Waals surface area contributed by atoms with Gasteiger partial charge in [-0.05, 0) is 94.1 Å². The van der Waals surface area contributed by atoms with Gasteiger partial charge in [0.05, 0.1) is 36.5 Å². The Hall–Kier alpha value is -3.71. The molecule has 6 rings (SSSR count). The third-order valence-electron chi connectivity index (χ3n) is 9.68. The molecular weight excluding hydrogens is 632 g/mol. The van der Waals surface area contributed by atoms with Gasteiger partial charge >= 0.3 is 0 Å². The zero-order valence-corrected chi connectivity index (χ0v) is 28.9. The van der Waals surface area contributed by atoms with Crippen LogP contribution in [0.25, 0.3) is 0 Å². The van der Waals surface area contributed by atoms with E-state index in [1.165, 1.54) is 17.1 Å². The Bertz CT molecular complexity index is 1650. The van der Waals surface area contributed by atoms with Crippen molar-refractivity contribution in [1.82, 2.24) is 14.8 Å². The highest BCUT2D eigenvalue weighted by molar-refractivity contribution is 7.93. The number of aryl methyl sites for hydroxylation is 2. The Kier molecular flexibility index (Phi) is 10.5. The van der Waals surface area contributed by atoms with Crippen molar-refractivity contribution < 1.29 is 32.2 Å². The number of hydrogen-bond donors (Lipinski definition) is 0. The number of para-hydroxylation sites is 2. The van der Waals surface area contributed by atoms with Gasteiger partial charge in [-0.25, -0.2) is 8.42 Å². The van der Waals surface area contributed by atoms with Gasteiger partial charge < -0.3 is 28.7 Å². The van der Waals surface area contributed by atoms with Crippen LogP contribution in [-0.4, -0.2) is 101 Å². The molecule has 48 heavy (non-hydrogen) atoms. The molecule has 2 fully saturated rings. The quantitative estimate of drug-likeness (QED) is 0.277. The lowest BCUT2D eigenvalue weighted by molar-refractivity contribution is -0.144. The summed E-state index contributed by atoms with van der Waals surface area (Å²) in [5, 5.41) is 0. The van der Waals surface area contributed by atoms with E-state index in [0.717, 1.165) is 25.2 Å². The van der Waals surface area contributed by atoms with Crippen molar-refractivity contribution in [3.05, 3.63) is 77.6 Å². The lowest BCUT2D eigenvalue weighted by Gasteiger charge is -2.42. The summed E-state index contributed by atoms with van der Waals surface area (Å²) < 4.78 is 54.0. The smallest absolute Gasteiger partial charge is 0.265 e. The van der Waals surface area contributed by atoms with Crippen LogP contribution in [0.1, 0.15) is 42.4 Å². The molecule has 12 heteroatoms. The number of aromatic nitrogens is 1. The molecule has 1 aromatic heterocycles. The van der Waals surface area contributed by atoms with E-state index in [9.17, 15) is 13.2 Å². The van der Waals surface area contributed by atoms with Gasteiger partial charge in [-0.3, -0.25) is 14.1 Å². The summed E-state index contributed by atoms with van der Waals surface area (Å²) in [5.41, 5.74) is 2.14. The molecule has 0 radical (unpaired) electrons. The van der Waals surface area contributed by atoms with Gasteiger partial charge in [0.15, 0.2) is 0 Å². The number of benzene rings is 2. The van der Waals surface area contributed by atoms with Crippen LogP contribution in [0.2, 0.25) is 0 Å². The molecule has 258 valence electrons. The summed E-state index contributed by atoms with van der Waals surface area (Å²) in [6.07, 6.45) is 7.43. The van der Waals surface area contributed by atoms with Crippen LogP contribution in [0.5, 0.6) is 11.5 Å². The third kappa shape index (κ3) is 7.17. The second-order valence-corrected chi connectivity index (χ2v) is 14.6. The molecule has 1 atom stereocenters. The first-order chi connectivity index (χ1) is 23.2. The predicted molar refractivity (Wildman–Crippen MR) is 182 cm³/mol. The van der Waals surface area contributed by atoms with Crippen molar-refractivity contribution in [2.45, 2.75) is 56.1 Å². The second kappa shape index (κ2) is 14.8. The van der Waals surface area contributed by atoms with Gasteiger partial charge in [0.25, 0.3) is 10.0 Å². The number of piperidine rings is 1. The molecule has 0 N–H and O–H groups in total. The van der Waals surface area contributed by atoms with Crippen molar-refractivity contribution in [2.75, 3.05) is 70.6 Å². The van der Waals surface area contributed by atoms with Crippen LogP contribution in [0.4, 0.5) is 5.69 Å². The molecule has 0 aliphatic carbocycles. The van der Waals surface area contributed by atoms with Crippen molar-refractivity contribution in [2.24, 2.45) is 0 Å². The number of sulfonamides is 1. The molecule has 2 saturated heterocycles. The average Bonchev–Trinajstić information content (AvgIpc) is 3.62. The minimum atomic E-state index is -4.03. The van der Waals surface area contributed by atoms with Crippen LogP contribution in [0.15, 0.2) is 65.8 Å². The first-order valence-corrected chi connectivity index (χ1v) is 18.2. The number of likely N-dealkylation sites (tertiary alicyclic amines) is 2. The van der Waals surface area contributed by atoms with E-state index in [2.05, 4.69) is 16.0 Å². The molecule has 0 spiro atoms. The van der Waals surface area contributed by atoms with Crippen LogP contribution < -0.4 is 13.8 Å². The summed E-state index contributed by atoms with van der Waals surface area (Å²) in [6, 6.07) is 13.8. The maximum Gasteiger partial charge on any atom is 0.265 e. The summed E-state index contributed by atoms with van der Waals surface area (Å²) in [5.74, 6) is 0.930. The number of rotatable bonds is 12. The highest BCUT2D eigenvalue weighted by atomic mass is 32.2. The number of hydrogen-bond acceptors (Lipinski definition) is 9. The minimum absolute atomic E-state index is 0.0133. The zero-order chi connectivity index (χ0) is 33.7. The molecular formula is C36H46N4O7S. The molecule has 2 aromatic carbocycles. The first-order valence-electron chi connectivity index (χ1n) is 16.8. The van der Waals surface area contributed by atoms with E-state index in [-0.39, 0.29) is 30.6 Å². The Morgan fingerprint density at radius 1 is 1.02 bits per heavy atom. The SMILES string of the molecule is COc1cc(C)c(S(=O)(=O)N2c3ccccc3OCC2COCC(=O)N2CCC(OCCN3CCCC3)(c3cccnc3)CC2)c(C)c1. The normalized spacial score (nSPS) is 19.5. The van der Waals surface area contributed by atoms with Crippen molar-refractivity contribution in [3.63, 3.8) is 0 Å². The highest BCUT2D eigenvalue weighted by Gasteiger charge is 2.41. The van der Waals surface area contributed by atoms with E-state index >= 15 is 0 Å². The molecule has 1 unspecified atom stereocenters. The zero-order valence-electron chi connectivity index (χ0n) is 28.1. The summed E-state index contributed by atoms with van der Waals surface area (Å²) >= 11 is 0. The van der Waals surface area contributed by atoms with Gasteiger partial charge in [-0.2, -0.15) is 0 Å². The third-order valence-corrected chi connectivity index (χ3v) is 11.9. The van der Waals surface area contributed by atoms with Gasteiger partial charge in [0.1, 0.15) is 30.8 Å². The fourth-order valence-electron chi connectivity index (χ4n) is 7.20. The second-order valence-electron chi connectivity index (χ2n) is 12.9. The Balaban J connectivity index is 1.11. The van der Waals surface area contributed by atoms with Gasteiger partial charge in [-0.15, -0.1) is 0 Å². The number of pyridine rings is 1.